The minimum Gasteiger partial charge on any atom is -0.350 e. The molecule has 0 unspecified atom stereocenters. The van der Waals surface area contributed by atoms with E-state index in [1.807, 2.05) is 32.0 Å². The van der Waals surface area contributed by atoms with Crippen LogP contribution >= 0.6 is 12.4 Å². The van der Waals surface area contributed by atoms with E-state index in [0.29, 0.717) is 18.7 Å². The Hall–Kier alpha value is -1.92. The standard InChI is InChI=1S/C14H19N5O.ClH/c1-14(2,15)8-17-13(20)12-6-4-3-5-11(12)7-19-10-16-9-18-19;/h3-6,9-10H,7-8,15H2,1-2H3,(H,17,20);1H. The van der Waals surface area contributed by atoms with Crippen molar-refractivity contribution in [1.82, 2.24) is 20.1 Å². The molecule has 0 atom stereocenters. The average molecular weight is 310 g/mol. The Bertz CT molecular complexity index is 577. The molecule has 3 N–H and O–H groups in total. The van der Waals surface area contributed by atoms with E-state index in [-0.39, 0.29) is 18.3 Å². The lowest BCUT2D eigenvalue weighted by Crippen LogP contribution is -2.45. The van der Waals surface area contributed by atoms with Crippen LogP contribution in [0.3, 0.4) is 0 Å². The van der Waals surface area contributed by atoms with E-state index in [0.717, 1.165) is 5.56 Å². The van der Waals surface area contributed by atoms with Gasteiger partial charge in [-0.1, -0.05) is 18.2 Å². The number of aromatic nitrogens is 3. The number of carbonyl (C=O) groups excluding carboxylic acids is 1. The SMILES string of the molecule is CC(C)(N)CNC(=O)c1ccccc1Cn1cncn1.Cl. The Kier molecular flexibility index (Phi) is 5.87. The molecule has 0 saturated carbocycles. The molecule has 0 spiro atoms. The Morgan fingerprint density at radius 2 is 2.10 bits per heavy atom. The zero-order valence-electron chi connectivity index (χ0n) is 12.1. The number of rotatable bonds is 5. The molecule has 6 nitrogen and oxygen atoms in total. The molecule has 1 aromatic heterocycles. The zero-order chi connectivity index (χ0) is 14.6. The molecular formula is C14H20ClN5O. The second-order valence-electron chi connectivity index (χ2n) is 5.42. The maximum absolute atomic E-state index is 12.2. The first-order valence-corrected chi connectivity index (χ1v) is 6.43. The first kappa shape index (κ1) is 17.1. The number of nitrogens with zero attached hydrogens (tertiary/aromatic N) is 3. The van der Waals surface area contributed by atoms with Crippen LogP contribution in [0.25, 0.3) is 0 Å². The van der Waals surface area contributed by atoms with Crippen molar-refractivity contribution in [2.45, 2.75) is 25.9 Å². The number of carbonyl (C=O) groups is 1. The Morgan fingerprint density at radius 1 is 1.38 bits per heavy atom. The number of hydrogen-bond donors (Lipinski definition) is 2. The van der Waals surface area contributed by atoms with E-state index in [1.165, 1.54) is 6.33 Å². The van der Waals surface area contributed by atoms with Crippen molar-refractivity contribution in [3.05, 3.63) is 48.0 Å². The highest BCUT2D eigenvalue weighted by atomic mass is 35.5. The maximum atomic E-state index is 12.2. The van der Waals surface area contributed by atoms with Crippen LogP contribution < -0.4 is 11.1 Å². The fraction of sp³-hybridized carbons (Fsp3) is 0.357. The van der Waals surface area contributed by atoms with Gasteiger partial charge in [0.15, 0.2) is 0 Å². The first-order chi connectivity index (χ1) is 9.46. The van der Waals surface area contributed by atoms with Gasteiger partial charge in [-0.05, 0) is 25.5 Å². The van der Waals surface area contributed by atoms with Gasteiger partial charge < -0.3 is 11.1 Å². The van der Waals surface area contributed by atoms with E-state index in [1.54, 1.807) is 17.1 Å². The summed E-state index contributed by atoms with van der Waals surface area (Å²) in [5.74, 6) is -0.126. The highest BCUT2D eigenvalue weighted by molar-refractivity contribution is 5.95. The second kappa shape index (κ2) is 7.19. The van der Waals surface area contributed by atoms with Crippen LogP contribution in [-0.4, -0.2) is 32.8 Å². The number of nitrogens with one attached hydrogen (secondary N) is 1. The summed E-state index contributed by atoms with van der Waals surface area (Å²) in [7, 11) is 0. The van der Waals surface area contributed by atoms with Gasteiger partial charge in [0.25, 0.3) is 5.91 Å². The number of halogens is 1. The molecule has 0 aliphatic rings. The molecule has 0 fully saturated rings. The maximum Gasteiger partial charge on any atom is 0.251 e. The summed E-state index contributed by atoms with van der Waals surface area (Å²) in [6.07, 6.45) is 3.09. The van der Waals surface area contributed by atoms with Crippen LogP contribution in [0.5, 0.6) is 0 Å². The van der Waals surface area contributed by atoms with E-state index < -0.39 is 5.54 Å². The Labute approximate surface area is 130 Å². The van der Waals surface area contributed by atoms with E-state index in [4.69, 9.17) is 5.73 Å². The topological polar surface area (TPSA) is 85.8 Å². The molecule has 0 bridgehead atoms. The average Bonchev–Trinajstić information content (AvgIpc) is 2.89. The van der Waals surface area contributed by atoms with Crippen LogP contribution in [0.1, 0.15) is 29.8 Å². The smallest absolute Gasteiger partial charge is 0.251 e. The second-order valence-corrected chi connectivity index (χ2v) is 5.42. The lowest BCUT2D eigenvalue weighted by molar-refractivity contribution is 0.0945. The van der Waals surface area contributed by atoms with Gasteiger partial charge >= 0.3 is 0 Å². The fourth-order valence-corrected chi connectivity index (χ4v) is 1.77. The molecule has 1 amide bonds. The van der Waals surface area contributed by atoms with Gasteiger partial charge in [-0.15, -0.1) is 12.4 Å². The van der Waals surface area contributed by atoms with Gasteiger partial charge in [0.1, 0.15) is 12.7 Å². The highest BCUT2D eigenvalue weighted by Crippen LogP contribution is 2.10. The van der Waals surface area contributed by atoms with E-state index in [2.05, 4.69) is 15.4 Å². The first-order valence-electron chi connectivity index (χ1n) is 6.43. The predicted molar refractivity (Wildman–Crippen MR) is 83.4 cm³/mol. The van der Waals surface area contributed by atoms with Crippen molar-refractivity contribution in [2.75, 3.05) is 6.54 Å². The van der Waals surface area contributed by atoms with Crippen LogP contribution in [0.4, 0.5) is 0 Å². The van der Waals surface area contributed by atoms with E-state index in [9.17, 15) is 4.79 Å². The molecule has 1 heterocycles. The molecule has 0 aliphatic carbocycles. The third-order valence-electron chi connectivity index (χ3n) is 2.77. The summed E-state index contributed by atoms with van der Waals surface area (Å²) in [6, 6.07) is 7.44. The molecule has 0 aliphatic heterocycles. The third-order valence-corrected chi connectivity index (χ3v) is 2.77. The summed E-state index contributed by atoms with van der Waals surface area (Å²) in [5.41, 5.74) is 6.96. The minimum atomic E-state index is -0.434. The molecule has 0 saturated heterocycles. The number of nitrogens with two attached hydrogens (primary N) is 1. The number of benzene rings is 1. The van der Waals surface area contributed by atoms with Gasteiger partial charge in [-0.2, -0.15) is 5.10 Å². The molecule has 7 heteroatoms. The Balaban J connectivity index is 0.00000220. The molecule has 114 valence electrons. The fourth-order valence-electron chi connectivity index (χ4n) is 1.77. The molecule has 21 heavy (non-hydrogen) atoms. The molecule has 2 aromatic rings. The lowest BCUT2D eigenvalue weighted by atomic mass is 10.0. The van der Waals surface area contributed by atoms with Crippen LogP contribution in [0.2, 0.25) is 0 Å². The van der Waals surface area contributed by atoms with Gasteiger partial charge in [-0.3, -0.25) is 4.79 Å². The van der Waals surface area contributed by atoms with Gasteiger partial charge in [0.05, 0.1) is 6.54 Å². The molecular weight excluding hydrogens is 290 g/mol. The third kappa shape index (κ3) is 5.17. The van der Waals surface area contributed by atoms with Crippen molar-refractivity contribution in [2.24, 2.45) is 5.73 Å². The normalized spacial score (nSPS) is 10.8. The lowest BCUT2D eigenvalue weighted by Gasteiger charge is -2.19. The van der Waals surface area contributed by atoms with Crippen LogP contribution in [0.15, 0.2) is 36.9 Å². The monoisotopic (exact) mass is 309 g/mol. The number of amides is 1. The molecule has 0 radical (unpaired) electrons. The van der Waals surface area contributed by atoms with Crippen molar-refractivity contribution in [3.8, 4) is 0 Å². The summed E-state index contributed by atoms with van der Waals surface area (Å²) in [4.78, 5) is 16.1. The van der Waals surface area contributed by atoms with Gasteiger partial charge in [-0.25, -0.2) is 9.67 Å². The number of hydrogen-bond acceptors (Lipinski definition) is 4. The largest absolute Gasteiger partial charge is 0.350 e. The highest BCUT2D eigenvalue weighted by Gasteiger charge is 2.15. The van der Waals surface area contributed by atoms with Crippen molar-refractivity contribution in [3.63, 3.8) is 0 Å². The molecule has 1 aromatic carbocycles. The Morgan fingerprint density at radius 3 is 2.71 bits per heavy atom. The van der Waals surface area contributed by atoms with Gasteiger partial charge in [0, 0.05) is 17.6 Å². The summed E-state index contributed by atoms with van der Waals surface area (Å²) in [6.45, 7) is 4.67. The quantitative estimate of drug-likeness (QED) is 0.869. The van der Waals surface area contributed by atoms with Crippen molar-refractivity contribution < 1.29 is 4.79 Å². The summed E-state index contributed by atoms with van der Waals surface area (Å²) in [5, 5.41) is 6.90. The molecule has 2 rings (SSSR count). The zero-order valence-corrected chi connectivity index (χ0v) is 12.9. The van der Waals surface area contributed by atoms with Crippen LogP contribution in [0, 0.1) is 0 Å². The summed E-state index contributed by atoms with van der Waals surface area (Å²) < 4.78 is 1.68. The van der Waals surface area contributed by atoms with Crippen molar-refractivity contribution in [1.29, 1.82) is 0 Å². The van der Waals surface area contributed by atoms with E-state index >= 15 is 0 Å². The van der Waals surface area contributed by atoms with Crippen LogP contribution in [-0.2, 0) is 6.54 Å². The summed E-state index contributed by atoms with van der Waals surface area (Å²) >= 11 is 0. The minimum absolute atomic E-state index is 0. The predicted octanol–water partition coefficient (Wildman–Crippen LogP) is 1.22. The van der Waals surface area contributed by atoms with Crippen molar-refractivity contribution >= 4 is 18.3 Å². The van der Waals surface area contributed by atoms with Gasteiger partial charge in [0.2, 0.25) is 0 Å².